The highest BCUT2D eigenvalue weighted by Crippen LogP contribution is 2.38. The van der Waals surface area contributed by atoms with Crippen LogP contribution in [0.5, 0.6) is 0 Å². The fourth-order valence-corrected chi connectivity index (χ4v) is 2.70. The summed E-state index contributed by atoms with van der Waals surface area (Å²) in [5.41, 5.74) is 3.49. The smallest absolute Gasteiger partial charge is 0.224 e. The van der Waals surface area contributed by atoms with Crippen molar-refractivity contribution >= 4 is 5.91 Å². The lowest BCUT2D eigenvalue weighted by Crippen LogP contribution is -2.30. The van der Waals surface area contributed by atoms with E-state index in [1.807, 2.05) is 18.2 Å². The molecular formula is C19H21NO. The van der Waals surface area contributed by atoms with Gasteiger partial charge < -0.3 is 5.32 Å². The van der Waals surface area contributed by atoms with Crippen molar-refractivity contribution in [1.82, 2.24) is 5.32 Å². The van der Waals surface area contributed by atoms with E-state index in [0.29, 0.717) is 5.92 Å². The van der Waals surface area contributed by atoms with Crippen molar-refractivity contribution in [2.24, 2.45) is 11.8 Å². The Labute approximate surface area is 126 Å². The number of hydrogen-bond donors (Lipinski definition) is 1. The van der Waals surface area contributed by atoms with Gasteiger partial charge in [0, 0.05) is 5.92 Å². The van der Waals surface area contributed by atoms with Crippen molar-refractivity contribution in [3.63, 3.8) is 0 Å². The first kappa shape index (κ1) is 13.9. The van der Waals surface area contributed by atoms with Crippen molar-refractivity contribution in [1.29, 1.82) is 0 Å². The number of amides is 1. The molecule has 3 rings (SSSR count). The lowest BCUT2D eigenvalue weighted by atomic mass is 9.97. The summed E-state index contributed by atoms with van der Waals surface area (Å²) in [6.45, 7) is 4.21. The quantitative estimate of drug-likeness (QED) is 0.904. The zero-order valence-electron chi connectivity index (χ0n) is 12.5. The predicted molar refractivity (Wildman–Crippen MR) is 84.9 cm³/mol. The highest BCUT2D eigenvalue weighted by molar-refractivity contribution is 5.82. The summed E-state index contributed by atoms with van der Waals surface area (Å²) in [5.74, 6) is 0.901. The molecule has 1 saturated carbocycles. The number of rotatable bonds is 4. The third-order valence-electron chi connectivity index (χ3n) is 4.28. The van der Waals surface area contributed by atoms with Crippen molar-refractivity contribution in [2.75, 3.05) is 0 Å². The lowest BCUT2D eigenvalue weighted by molar-refractivity contribution is -0.123. The summed E-state index contributed by atoms with van der Waals surface area (Å²) in [5, 5.41) is 3.22. The van der Waals surface area contributed by atoms with E-state index in [2.05, 4.69) is 55.6 Å². The average Bonchev–Trinajstić information content (AvgIpc) is 3.24. The monoisotopic (exact) mass is 279 g/mol. The summed E-state index contributed by atoms with van der Waals surface area (Å²) >= 11 is 0. The molecule has 1 aliphatic rings. The SMILES string of the molecule is Cc1ccc([C@H](NC(=O)[C@H]2C[C@@H]2C)c2ccccc2)cc1. The third kappa shape index (κ3) is 3.15. The van der Waals surface area contributed by atoms with E-state index in [1.54, 1.807) is 0 Å². The van der Waals surface area contributed by atoms with Crippen molar-refractivity contribution in [3.05, 3.63) is 71.3 Å². The van der Waals surface area contributed by atoms with Crippen LogP contribution in [-0.4, -0.2) is 5.91 Å². The Balaban J connectivity index is 1.87. The van der Waals surface area contributed by atoms with Gasteiger partial charge in [0.15, 0.2) is 0 Å². The number of hydrogen-bond acceptors (Lipinski definition) is 1. The summed E-state index contributed by atoms with van der Waals surface area (Å²) in [6.07, 6.45) is 1.02. The second-order valence-electron chi connectivity index (χ2n) is 6.08. The van der Waals surface area contributed by atoms with Crippen LogP contribution in [0, 0.1) is 18.8 Å². The molecule has 1 aliphatic carbocycles. The Hall–Kier alpha value is -2.09. The second kappa shape index (κ2) is 5.72. The molecule has 21 heavy (non-hydrogen) atoms. The molecule has 1 N–H and O–H groups in total. The van der Waals surface area contributed by atoms with Crippen LogP contribution in [-0.2, 0) is 4.79 Å². The van der Waals surface area contributed by atoms with Crippen molar-refractivity contribution in [3.8, 4) is 0 Å². The van der Waals surface area contributed by atoms with Gasteiger partial charge in [-0.15, -0.1) is 0 Å². The number of carbonyl (C=O) groups excluding carboxylic acids is 1. The van der Waals surface area contributed by atoms with E-state index in [1.165, 1.54) is 5.56 Å². The molecule has 0 saturated heterocycles. The topological polar surface area (TPSA) is 29.1 Å². The molecule has 3 atom stereocenters. The molecular weight excluding hydrogens is 258 g/mol. The maximum atomic E-state index is 12.3. The minimum atomic E-state index is -0.0629. The Bertz CT molecular complexity index is 618. The Morgan fingerprint density at radius 3 is 2.19 bits per heavy atom. The van der Waals surface area contributed by atoms with Gasteiger partial charge in [-0.25, -0.2) is 0 Å². The Morgan fingerprint density at radius 1 is 1.05 bits per heavy atom. The fourth-order valence-electron chi connectivity index (χ4n) is 2.70. The number of nitrogens with one attached hydrogen (secondary N) is 1. The van der Waals surface area contributed by atoms with Gasteiger partial charge in [0.05, 0.1) is 6.04 Å². The minimum Gasteiger partial charge on any atom is -0.345 e. The molecule has 1 fully saturated rings. The van der Waals surface area contributed by atoms with Crippen LogP contribution in [0.1, 0.15) is 36.1 Å². The normalized spacial score (nSPS) is 21.6. The molecule has 0 spiro atoms. The van der Waals surface area contributed by atoms with Crippen LogP contribution < -0.4 is 5.32 Å². The second-order valence-corrected chi connectivity index (χ2v) is 6.08. The maximum Gasteiger partial charge on any atom is 0.224 e. The molecule has 0 unspecified atom stereocenters. The zero-order valence-corrected chi connectivity index (χ0v) is 12.5. The summed E-state index contributed by atoms with van der Waals surface area (Å²) in [4.78, 5) is 12.3. The molecule has 2 aromatic carbocycles. The van der Waals surface area contributed by atoms with Crippen LogP contribution in [0.25, 0.3) is 0 Å². The number of carbonyl (C=O) groups is 1. The summed E-state index contributed by atoms with van der Waals surface area (Å²) in [7, 11) is 0. The molecule has 0 aromatic heterocycles. The highest BCUT2D eigenvalue weighted by Gasteiger charge is 2.39. The van der Waals surface area contributed by atoms with Crippen molar-refractivity contribution in [2.45, 2.75) is 26.3 Å². The van der Waals surface area contributed by atoms with E-state index >= 15 is 0 Å². The minimum absolute atomic E-state index is 0.0629. The van der Waals surface area contributed by atoms with Crippen LogP contribution in [0.2, 0.25) is 0 Å². The van der Waals surface area contributed by atoms with Crippen LogP contribution in [0.4, 0.5) is 0 Å². The predicted octanol–water partition coefficient (Wildman–Crippen LogP) is 3.86. The Morgan fingerprint density at radius 2 is 1.62 bits per heavy atom. The average molecular weight is 279 g/mol. The van der Waals surface area contributed by atoms with E-state index in [9.17, 15) is 4.79 Å². The lowest BCUT2D eigenvalue weighted by Gasteiger charge is -2.20. The first-order chi connectivity index (χ1) is 10.1. The molecule has 0 heterocycles. The van der Waals surface area contributed by atoms with Gasteiger partial charge in [0.25, 0.3) is 0 Å². The molecule has 0 aliphatic heterocycles. The summed E-state index contributed by atoms with van der Waals surface area (Å²) in [6, 6.07) is 18.5. The van der Waals surface area contributed by atoms with Crippen LogP contribution in [0.15, 0.2) is 54.6 Å². The summed E-state index contributed by atoms with van der Waals surface area (Å²) < 4.78 is 0. The molecule has 1 amide bonds. The highest BCUT2D eigenvalue weighted by atomic mass is 16.2. The largest absolute Gasteiger partial charge is 0.345 e. The number of benzene rings is 2. The van der Waals surface area contributed by atoms with Crippen molar-refractivity contribution < 1.29 is 4.79 Å². The van der Waals surface area contributed by atoms with E-state index in [4.69, 9.17) is 0 Å². The number of aryl methyl sites for hydroxylation is 1. The standard InChI is InChI=1S/C19H21NO/c1-13-8-10-16(11-9-13)18(15-6-4-3-5-7-15)20-19(21)17-12-14(17)2/h3-11,14,17-18H,12H2,1-2H3,(H,20,21)/t14-,17-,18+/m0/s1. The molecule has 0 radical (unpaired) electrons. The van der Waals surface area contributed by atoms with Gasteiger partial charge in [-0.2, -0.15) is 0 Å². The zero-order chi connectivity index (χ0) is 14.8. The van der Waals surface area contributed by atoms with Gasteiger partial charge in [-0.1, -0.05) is 67.1 Å². The molecule has 2 aromatic rings. The van der Waals surface area contributed by atoms with E-state index in [-0.39, 0.29) is 17.9 Å². The third-order valence-corrected chi connectivity index (χ3v) is 4.28. The Kier molecular flexibility index (Phi) is 3.78. The molecule has 0 bridgehead atoms. The van der Waals surface area contributed by atoms with Crippen LogP contribution >= 0.6 is 0 Å². The first-order valence-corrected chi connectivity index (χ1v) is 7.57. The van der Waals surface area contributed by atoms with E-state index in [0.717, 1.165) is 17.5 Å². The van der Waals surface area contributed by atoms with Gasteiger partial charge >= 0.3 is 0 Å². The first-order valence-electron chi connectivity index (χ1n) is 7.57. The maximum absolute atomic E-state index is 12.3. The molecule has 2 nitrogen and oxygen atoms in total. The fraction of sp³-hybridized carbons (Fsp3) is 0.316. The van der Waals surface area contributed by atoms with Gasteiger partial charge in [0.1, 0.15) is 0 Å². The van der Waals surface area contributed by atoms with Gasteiger partial charge in [-0.05, 0) is 30.4 Å². The van der Waals surface area contributed by atoms with Gasteiger partial charge in [-0.3, -0.25) is 4.79 Å². The molecule has 108 valence electrons. The van der Waals surface area contributed by atoms with E-state index < -0.39 is 0 Å². The molecule has 2 heteroatoms. The van der Waals surface area contributed by atoms with Crippen LogP contribution in [0.3, 0.4) is 0 Å². The van der Waals surface area contributed by atoms with Gasteiger partial charge in [0.2, 0.25) is 5.91 Å².